The van der Waals surface area contributed by atoms with Crippen molar-refractivity contribution in [2.45, 2.75) is 26.1 Å². The number of rotatable bonds is 5. The number of hydrogen-bond donors (Lipinski definition) is 2. The van der Waals surface area contributed by atoms with Crippen LogP contribution in [0.5, 0.6) is 0 Å². The van der Waals surface area contributed by atoms with Crippen molar-refractivity contribution in [1.29, 1.82) is 0 Å². The van der Waals surface area contributed by atoms with Gasteiger partial charge < -0.3 is 15.4 Å². The summed E-state index contributed by atoms with van der Waals surface area (Å²) in [5, 5.41) is 7.63. The maximum atomic E-state index is 5.22. The second-order valence-electron chi connectivity index (χ2n) is 5.27. The van der Waals surface area contributed by atoms with Gasteiger partial charge in [-0.25, -0.2) is 4.98 Å². The lowest BCUT2D eigenvalue weighted by atomic mass is 10.1. The summed E-state index contributed by atoms with van der Waals surface area (Å²) in [5.74, 6) is 0.854. The predicted molar refractivity (Wildman–Crippen MR) is 90.0 cm³/mol. The van der Waals surface area contributed by atoms with Gasteiger partial charge in [-0.15, -0.1) is 11.3 Å². The van der Waals surface area contributed by atoms with Crippen molar-refractivity contribution < 1.29 is 4.74 Å². The van der Waals surface area contributed by atoms with Gasteiger partial charge in [-0.05, 0) is 12.5 Å². The molecule has 6 heteroatoms. The van der Waals surface area contributed by atoms with Crippen LogP contribution in [0.2, 0.25) is 0 Å². The molecule has 0 radical (unpaired) electrons. The Morgan fingerprint density at radius 1 is 1.36 bits per heavy atom. The molecular formula is C16H20N4OS. The van der Waals surface area contributed by atoms with Crippen molar-refractivity contribution in [2.75, 3.05) is 13.7 Å². The molecule has 0 bridgehead atoms. The van der Waals surface area contributed by atoms with Gasteiger partial charge in [-0.1, -0.05) is 30.3 Å². The van der Waals surface area contributed by atoms with Crippen LogP contribution in [0.15, 0.2) is 35.3 Å². The Bertz CT molecular complexity index is 653. The van der Waals surface area contributed by atoms with Crippen molar-refractivity contribution in [3.63, 3.8) is 0 Å². The summed E-state index contributed by atoms with van der Waals surface area (Å²) >= 11 is 1.68. The highest BCUT2D eigenvalue weighted by molar-refractivity contribution is 7.15. The molecule has 0 saturated heterocycles. The van der Waals surface area contributed by atoms with Gasteiger partial charge in [-0.3, -0.25) is 4.99 Å². The highest BCUT2D eigenvalue weighted by Crippen LogP contribution is 2.30. The van der Waals surface area contributed by atoms with Gasteiger partial charge >= 0.3 is 0 Å². The lowest BCUT2D eigenvalue weighted by Gasteiger charge is -2.08. The van der Waals surface area contributed by atoms with E-state index in [4.69, 9.17) is 9.72 Å². The Labute approximate surface area is 134 Å². The standard InChI is InChI=1S/C16H20N4OS/c1-11-8-17-16(19-11)18-9-13-15(12-6-4-3-5-7-12)22-14(20-13)10-21-2/h3-7,11H,8-10H2,1-2H3,(H2,17,18,19). The molecule has 0 aliphatic carbocycles. The largest absolute Gasteiger partial charge is 0.378 e. The van der Waals surface area contributed by atoms with Crippen molar-refractivity contribution in [2.24, 2.45) is 4.99 Å². The number of thiazole rings is 1. The summed E-state index contributed by atoms with van der Waals surface area (Å²) in [6.07, 6.45) is 0. The fourth-order valence-electron chi connectivity index (χ4n) is 2.35. The van der Waals surface area contributed by atoms with Gasteiger partial charge in [-0.2, -0.15) is 0 Å². The minimum absolute atomic E-state index is 0.399. The van der Waals surface area contributed by atoms with E-state index < -0.39 is 0 Å². The molecule has 2 aromatic rings. The third kappa shape index (κ3) is 3.45. The second kappa shape index (κ2) is 6.89. The van der Waals surface area contributed by atoms with E-state index in [2.05, 4.69) is 34.7 Å². The van der Waals surface area contributed by atoms with Crippen molar-refractivity contribution in [3.05, 3.63) is 41.0 Å². The Kier molecular flexibility index (Phi) is 4.70. The van der Waals surface area contributed by atoms with Crippen LogP contribution in [0.4, 0.5) is 0 Å². The molecule has 2 N–H and O–H groups in total. The fourth-order valence-corrected chi connectivity index (χ4v) is 3.41. The molecule has 1 aliphatic rings. The molecule has 2 heterocycles. The number of hydrogen-bond acceptors (Lipinski definition) is 6. The van der Waals surface area contributed by atoms with E-state index in [0.717, 1.165) is 23.2 Å². The summed E-state index contributed by atoms with van der Waals surface area (Å²) in [5.41, 5.74) is 2.22. The van der Waals surface area contributed by atoms with E-state index >= 15 is 0 Å². The molecule has 0 saturated carbocycles. The van der Waals surface area contributed by atoms with Gasteiger partial charge in [0.15, 0.2) is 5.96 Å². The highest BCUT2D eigenvalue weighted by atomic mass is 32.1. The van der Waals surface area contributed by atoms with Crippen LogP contribution in [0.25, 0.3) is 10.4 Å². The minimum atomic E-state index is 0.399. The lowest BCUT2D eigenvalue weighted by Crippen LogP contribution is -2.37. The van der Waals surface area contributed by atoms with Gasteiger partial charge in [0, 0.05) is 13.2 Å². The average molecular weight is 316 g/mol. The third-order valence-corrected chi connectivity index (χ3v) is 4.50. The minimum Gasteiger partial charge on any atom is -0.378 e. The number of aromatic nitrogens is 1. The first-order chi connectivity index (χ1) is 10.8. The van der Waals surface area contributed by atoms with E-state index in [9.17, 15) is 0 Å². The zero-order chi connectivity index (χ0) is 15.4. The first-order valence-corrected chi connectivity index (χ1v) is 8.15. The molecule has 0 spiro atoms. The van der Waals surface area contributed by atoms with E-state index in [1.54, 1.807) is 18.4 Å². The van der Waals surface area contributed by atoms with Gasteiger partial charge in [0.2, 0.25) is 0 Å². The summed E-state index contributed by atoms with van der Waals surface area (Å²) in [6.45, 7) is 4.14. The van der Waals surface area contributed by atoms with E-state index in [1.165, 1.54) is 10.4 Å². The molecule has 5 nitrogen and oxygen atoms in total. The molecule has 3 rings (SSSR count). The van der Waals surface area contributed by atoms with Crippen molar-refractivity contribution in [3.8, 4) is 10.4 Å². The lowest BCUT2D eigenvalue weighted by molar-refractivity contribution is 0.184. The molecule has 1 unspecified atom stereocenters. The number of guanidine groups is 1. The Hall–Kier alpha value is -1.92. The second-order valence-corrected chi connectivity index (χ2v) is 6.35. The first-order valence-electron chi connectivity index (χ1n) is 7.34. The Balaban J connectivity index is 1.79. The zero-order valence-electron chi connectivity index (χ0n) is 12.8. The summed E-state index contributed by atoms with van der Waals surface area (Å²) in [6, 6.07) is 10.7. The number of benzene rings is 1. The van der Waals surface area contributed by atoms with Crippen LogP contribution in [0.3, 0.4) is 0 Å². The van der Waals surface area contributed by atoms with Crippen molar-refractivity contribution >= 4 is 17.3 Å². The maximum absolute atomic E-state index is 5.22. The summed E-state index contributed by atoms with van der Waals surface area (Å²) in [7, 11) is 1.69. The molecule has 1 aromatic carbocycles. The fraction of sp³-hybridized carbons (Fsp3) is 0.375. The van der Waals surface area contributed by atoms with Crippen LogP contribution >= 0.6 is 11.3 Å². The molecule has 0 fully saturated rings. The molecule has 1 aliphatic heterocycles. The van der Waals surface area contributed by atoms with E-state index in [1.807, 2.05) is 18.2 Å². The van der Waals surface area contributed by atoms with E-state index in [0.29, 0.717) is 19.2 Å². The number of ether oxygens (including phenoxy) is 1. The molecular weight excluding hydrogens is 296 g/mol. The molecule has 1 atom stereocenters. The third-order valence-electron chi connectivity index (χ3n) is 3.38. The SMILES string of the molecule is COCc1nc(CNC2=NCC(C)N2)c(-c2ccccc2)s1. The van der Waals surface area contributed by atoms with Crippen molar-refractivity contribution in [1.82, 2.24) is 15.6 Å². The van der Waals surface area contributed by atoms with E-state index in [-0.39, 0.29) is 0 Å². The summed E-state index contributed by atoms with van der Waals surface area (Å²) < 4.78 is 5.22. The average Bonchev–Trinajstić information content (AvgIpc) is 3.13. The topological polar surface area (TPSA) is 58.5 Å². The van der Waals surface area contributed by atoms with Crippen LogP contribution < -0.4 is 10.6 Å². The Morgan fingerprint density at radius 2 is 2.18 bits per heavy atom. The van der Waals surface area contributed by atoms with Crippen LogP contribution in [-0.2, 0) is 17.9 Å². The molecule has 1 aromatic heterocycles. The van der Waals surface area contributed by atoms with Crippen LogP contribution in [0.1, 0.15) is 17.6 Å². The predicted octanol–water partition coefficient (Wildman–Crippen LogP) is 2.39. The smallest absolute Gasteiger partial charge is 0.191 e. The molecule has 22 heavy (non-hydrogen) atoms. The number of nitrogens with zero attached hydrogens (tertiary/aromatic N) is 2. The summed E-state index contributed by atoms with van der Waals surface area (Å²) in [4.78, 5) is 10.3. The highest BCUT2D eigenvalue weighted by Gasteiger charge is 2.16. The monoisotopic (exact) mass is 316 g/mol. The van der Waals surface area contributed by atoms with Crippen LogP contribution in [-0.4, -0.2) is 30.6 Å². The maximum Gasteiger partial charge on any atom is 0.191 e. The van der Waals surface area contributed by atoms with Gasteiger partial charge in [0.25, 0.3) is 0 Å². The quantitative estimate of drug-likeness (QED) is 0.889. The van der Waals surface area contributed by atoms with Gasteiger partial charge in [0.1, 0.15) is 5.01 Å². The first kappa shape index (κ1) is 15.0. The van der Waals surface area contributed by atoms with Gasteiger partial charge in [0.05, 0.1) is 30.3 Å². The zero-order valence-corrected chi connectivity index (χ0v) is 13.6. The number of methoxy groups -OCH3 is 1. The number of nitrogens with one attached hydrogen (secondary N) is 2. The molecule has 0 amide bonds. The Morgan fingerprint density at radius 3 is 2.86 bits per heavy atom. The molecule has 116 valence electrons. The van der Waals surface area contributed by atoms with Crippen LogP contribution in [0, 0.1) is 0 Å². The number of aliphatic imine (C=N–C) groups is 1. The normalized spacial score (nSPS) is 17.2.